The summed E-state index contributed by atoms with van der Waals surface area (Å²) in [4.78, 5) is 0. The summed E-state index contributed by atoms with van der Waals surface area (Å²) in [5, 5.41) is 3.11. The third-order valence-corrected chi connectivity index (χ3v) is 2.74. The smallest absolute Gasteiger partial charge is 0.314 e. The van der Waals surface area contributed by atoms with Crippen LogP contribution in [0.1, 0.15) is 10.6 Å². The molecule has 0 unspecified atom stereocenters. The van der Waals surface area contributed by atoms with Crippen LogP contribution >= 0.6 is 11.3 Å². The van der Waals surface area contributed by atoms with Gasteiger partial charge in [-0.15, -0.1) is 0 Å². The van der Waals surface area contributed by atoms with E-state index >= 15 is 0 Å². The van der Waals surface area contributed by atoms with Gasteiger partial charge in [0.25, 0.3) is 0 Å². The van der Waals surface area contributed by atoms with E-state index < -0.39 is 0 Å². The zero-order valence-corrected chi connectivity index (χ0v) is 11.3. The van der Waals surface area contributed by atoms with Crippen molar-refractivity contribution in [2.24, 2.45) is 7.05 Å². The summed E-state index contributed by atoms with van der Waals surface area (Å²) >= 11 is 1.66. The number of hydrogen-bond acceptors (Lipinski definition) is 1. The number of aromatic nitrogens is 1. The SMILES string of the molecule is C[n+]1ccsc1C#Cc1ccccc1.O.[Ti]. The standard InChI is InChI=1S/C12H10NS.H2O.Ti/c1-13-9-10-14-12(13)8-7-11-5-3-2-4-6-11;;/h2-6,9-10H,1H3;1H2;/q+1;;. The summed E-state index contributed by atoms with van der Waals surface area (Å²) in [5.74, 6) is 6.27. The number of benzene rings is 1. The van der Waals surface area contributed by atoms with Crippen molar-refractivity contribution in [3.63, 3.8) is 0 Å². The molecule has 0 bridgehead atoms. The Balaban J connectivity index is 0.00000112. The fraction of sp³-hybridized carbons (Fsp3) is 0.0833. The van der Waals surface area contributed by atoms with Crippen molar-refractivity contribution in [1.29, 1.82) is 0 Å². The van der Waals surface area contributed by atoms with Crippen LogP contribution in [-0.4, -0.2) is 5.48 Å². The molecule has 2 rings (SSSR count). The minimum absolute atomic E-state index is 0. The van der Waals surface area contributed by atoms with E-state index in [0.29, 0.717) is 0 Å². The first-order valence-corrected chi connectivity index (χ1v) is 5.24. The number of thiazole rings is 1. The van der Waals surface area contributed by atoms with Gasteiger partial charge in [0, 0.05) is 33.2 Å². The van der Waals surface area contributed by atoms with Gasteiger partial charge < -0.3 is 5.48 Å². The summed E-state index contributed by atoms with van der Waals surface area (Å²) < 4.78 is 2.03. The molecule has 2 aromatic rings. The predicted molar refractivity (Wildman–Crippen MR) is 61.5 cm³/mol. The largest absolute Gasteiger partial charge is 0.412 e. The van der Waals surface area contributed by atoms with Crippen LogP contribution in [-0.2, 0) is 28.8 Å². The second kappa shape index (κ2) is 7.37. The van der Waals surface area contributed by atoms with Gasteiger partial charge in [-0.25, -0.2) is 0 Å². The average Bonchev–Trinajstić information content (AvgIpc) is 2.63. The summed E-state index contributed by atoms with van der Waals surface area (Å²) in [6.07, 6.45) is 2.01. The van der Waals surface area contributed by atoms with Gasteiger partial charge in [-0.05, 0) is 12.1 Å². The van der Waals surface area contributed by atoms with Crippen LogP contribution in [0.25, 0.3) is 0 Å². The number of hydrogen-bond donors (Lipinski definition) is 0. The van der Waals surface area contributed by atoms with Crippen molar-refractivity contribution in [1.82, 2.24) is 0 Å². The quantitative estimate of drug-likeness (QED) is 0.389. The Morgan fingerprint density at radius 3 is 2.38 bits per heavy atom. The van der Waals surface area contributed by atoms with E-state index in [1.165, 1.54) is 0 Å². The zero-order valence-electron chi connectivity index (χ0n) is 8.90. The molecule has 0 atom stereocenters. The van der Waals surface area contributed by atoms with E-state index in [2.05, 4.69) is 11.8 Å². The molecule has 1 aromatic carbocycles. The Labute approximate surface area is 114 Å². The van der Waals surface area contributed by atoms with E-state index in [1.54, 1.807) is 11.3 Å². The summed E-state index contributed by atoms with van der Waals surface area (Å²) in [6.45, 7) is 0. The van der Waals surface area contributed by atoms with Crippen LogP contribution in [0.4, 0.5) is 0 Å². The molecule has 2 nitrogen and oxygen atoms in total. The molecule has 1 heterocycles. The molecular weight excluding hydrogens is 254 g/mol. The Bertz CT molecular complexity index is 484. The van der Waals surface area contributed by atoms with Crippen molar-refractivity contribution >= 4 is 11.3 Å². The molecule has 0 aliphatic rings. The average molecular weight is 266 g/mol. The second-order valence-corrected chi connectivity index (χ2v) is 3.83. The summed E-state index contributed by atoms with van der Waals surface area (Å²) in [7, 11) is 2.01. The Morgan fingerprint density at radius 2 is 1.81 bits per heavy atom. The van der Waals surface area contributed by atoms with E-state index in [4.69, 9.17) is 0 Å². The molecule has 16 heavy (non-hydrogen) atoms. The number of nitrogens with zero attached hydrogens (tertiary/aromatic N) is 1. The van der Waals surface area contributed by atoms with Gasteiger partial charge in [0.05, 0.1) is 5.38 Å². The Kier molecular flexibility index (Phi) is 6.95. The maximum Gasteiger partial charge on any atom is 0.314 e. The maximum absolute atomic E-state index is 3.14. The Morgan fingerprint density at radius 1 is 1.12 bits per heavy atom. The zero-order chi connectivity index (χ0) is 9.80. The molecular formula is C12H12NOSTi+. The van der Waals surface area contributed by atoms with Gasteiger partial charge in [0.1, 0.15) is 7.05 Å². The molecule has 0 saturated heterocycles. The van der Waals surface area contributed by atoms with Gasteiger partial charge >= 0.3 is 5.01 Å². The van der Waals surface area contributed by atoms with Crippen LogP contribution in [0.5, 0.6) is 0 Å². The molecule has 0 saturated carbocycles. The molecule has 0 radical (unpaired) electrons. The van der Waals surface area contributed by atoms with Crippen molar-refractivity contribution in [3.8, 4) is 11.8 Å². The van der Waals surface area contributed by atoms with E-state index in [0.717, 1.165) is 10.6 Å². The van der Waals surface area contributed by atoms with Gasteiger partial charge in [0.2, 0.25) is 0 Å². The summed E-state index contributed by atoms with van der Waals surface area (Å²) in [5.41, 5.74) is 1.06. The van der Waals surface area contributed by atoms with Crippen LogP contribution in [0.15, 0.2) is 41.9 Å². The molecule has 0 spiro atoms. The molecule has 0 aliphatic heterocycles. The molecule has 1 aromatic heterocycles. The van der Waals surface area contributed by atoms with Gasteiger partial charge in [-0.3, -0.25) is 0 Å². The molecule has 0 aliphatic carbocycles. The van der Waals surface area contributed by atoms with E-state index in [9.17, 15) is 0 Å². The van der Waals surface area contributed by atoms with Crippen LogP contribution in [0, 0.1) is 11.8 Å². The van der Waals surface area contributed by atoms with Crippen molar-refractivity contribution in [2.75, 3.05) is 0 Å². The first-order valence-electron chi connectivity index (χ1n) is 4.36. The fourth-order valence-corrected chi connectivity index (χ4v) is 1.81. The van der Waals surface area contributed by atoms with Crippen molar-refractivity contribution in [3.05, 3.63) is 52.5 Å². The first-order chi connectivity index (χ1) is 6.86. The molecule has 80 valence electrons. The predicted octanol–water partition coefficient (Wildman–Crippen LogP) is 1.15. The van der Waals surface area contributed by atoms with E-state index in [-0.39, 0.29) is 27.2 Å². The third-order valence-electron chi connectivity index (χ3n) is 1.87. The minimum Gasteiger partial charge on any atom is -0.412 e. The van der Waals surface area contributed by atoms with Gasteiger partial charge in [-0.2, -0.15) is 4.57 Å². The van der Waals surface area contributed by atoms with Crippen LogP contribution < -0.4 is 4.57 Å². The number of rotatable bonds is 0. The van der Waals surface area contributed by atoms with E-state index in [1.807, 2.05) is 53.5 Å². The van der Waals surface area contributed by atoms with Crippen molar-refractivity contribution in [2.45, 2.75) is 0 Å². The molecule has 2 N–H and O–H groups in total. The molecule has 0 amide bonds. The normalized spacial score (nSPS) is 8.06. The number of aryl methyl sites for hydroxylation is 1. The van der Waals surface area contributed by atoms with Gasteiger partial charge in [0.15, 0.2) is 6.20 Å². The monoisotopic (exact) mass is 266 g/mol. The maximum atomic E-state index is 3.14. The third kappa shape index (κ3) is 3.92. The topological polar surface area (TPSA) is 35.4 Å². The molecule has 4 heteroatoms. The van der Waals surface area contributed by atoms with Gasteiger partial charge in [-0.1, -0.05) is 35.5 Å². The Hall–Kier alpha value is -0.916. The first kappa shape index (κ1) is 15.1. The molecule has 0 fully saturated rings. The van der Waals surface area contributed by atoms with Crippen LogP contribution in [0.3, 0.4) is 0 Å². The fourth-order valence-electron chi connectivity index (χ4n) is 1.10. The van der Waals surface area contributed by atoms with Crippen molar-refractivity contribution < 1.29 is 31.8 Å². The minimum atomic E-state index is 0. The summed E-state index contributed by atoms with van der Waals surface area (Å²) in [6, 6.07) is 10.0. The van der Waals surface area contributed by atoms with Crippen LogP contribution in [0.2, 0.25) is 0 Å². The second-order valence-electron chi connectivity index (χ2n) is 2.94.